The fourth-order valence-electron chi connectivity index (χ4n) is 2.11. The van der Waals surface area contributed by atoms with Crippen molar-refractivity contribution in [3.05, 3.63) is 36.3 Å². The number of esters is 1. The van der Waals surface area contributed by atoms with Gasteiger partial charge < -0.3 is 9.72 Å². The van der Waals surface area contributed by atoms with E-state index in [0.717, 1.165) is 16.8 Å². The Morgan fingerprint density at radius 1 is 1.35 bits per heavy atom. The van der Waals surface area contributed by atoms with Gasteiger partial charge in [0.15, 0.2) is 0 Å². The second-order valence-corrected chi connectivity index (χ2v) is 5.72. The van der Waals surface area contributed by atoms with E-state index in [9.17, 15) is 4.79 Å². The van der Waals surface area contributed by atoms with Crippen LogP contribution in [-0.4, -0.2) is 15.9 Å². The molecule has 1 heterocycles. The lowest BCUT2D eigenvalue weighted by Crippen LogP contribution is -2.15. The van der Waals surface area contributed by atoms with Crippen LogP contribution in [0.5, 0.6) is 5.75 Å². The molecule has 0 amide bonds. The van der Waals surface area contributed by atoms with Gasteiger partial charge >= 0.3 is 5.97 Å². The minimum atomic E-state index is -0.239. The van der Waals surface area contributed by atoms with Gasteiger partial charge in [0.05, 0.1) is 18.2 Å². The zero-order valence-corrected chi connectivity index (χ0v) is 12.4. The minimum Gasteiger partial charge on any atom is -0.426 e. The largest absolute Gasteiger partial charge is 0.426 e. The number of hydrogen-bond acceptors (Lipinski definition) is 3. The normalized spacial score (nSPS) is 11.4. The predicted molar refractivity (Wildman–Crippen MR) is 78.6 cm³/mol. The van der Waals surface area contributed by atoms with Crippen molar-refractivity contribution in [2.45, 2.75) is 39.5 Å². The molecule has 0 saturated carbocycles. The fraction of sp³-hybridized carbons (Fsp3) is 0.375. The predicted octanol–water partition coefficient (Wildman–Crippen LogP) is 3.69. The number of nitrogens with one attached hydrogen (secondary N) is 1. The van der Waals surface area contributed by atoms with Crippen molar-refractivity contribution in [1.82, 2.24) is 9.97 Å². The number of aromatic amines is 1. The van der Waals surface area contributed by atoms with Crippen molar-refractivity contribution in [1.29, 1.82) is 0 Å². The maximum absolute atomic E-state index is 11.6. The molecule has 20 heavy (non-hydrogen) atoms. The Bertz CT molecular complexity index is 595. The number of benzene rings is 1. The number of carbonyl (C=O) groups is 1. The molecule has 0 unspecified atom stereocenters. The molecule has 0 radical (unpaired) electrons. The van der Waals surface area contributed by atoms with Crippen LogP contribution in [-0.2, 0) is 10.2 Å². The van der Waals surface area contributed by atoms with E-state index in [1.807, 2.05) is 12.1 Å². The second kappa shape index (κ2) is 5.49. The minimum absolute atomic E-state index is 0.0604. The quantitative estimate of drug-likeness (QED) is 0.685. The van der Waals surface area contributed by atoms with E-state index in [0.29, 0.717) is 12.2 Å². The molecule has 0 bridgehead atoms. The molecule has 2 aromatic rings. The third kappa shape index (κ3) is 2.90. The summed E-state index contributed by atoms with van der Waals surface area (Å²) in [6.07, 6.45) is 3.72. The van der Waals surface area contributed by atoms with Crippen molar-refractivity contribution in [3.63, 3.8) is 0 Å². The molecule has 2 rings (SSSR count). The zero-order valence-electron chi connectivity index (χ0n) is 12.4. The first-order valence-corrected chi connectivity index (χ1v) is 6.76. The van der Waals surface area contributed by atoms with Gasteiger partial charge in [-0.1, -0.05) is 39.8 Å². The first kappa shape index (κ1) is 14.3. The van der Waals surface area contributed by atoms with Crippen LogP contribution in [0.2, 0.25) is 0 Å². The topological polar surface area (TPSA) is 55.0 Å². The lowest BCUT2D eigenvalue weighted by Gasteiger charge is -2.24. The molecule has 0 aliphatic rings. The first-order valence-electron chi connectivity index (χ1n) is 6.76. The smallest absolute Gasteiger partial charge is 0.310 e. The highest BCUT2D eigenvalue weighted by Gasteiger charge is 2.23. The summed E-state index contributed by atoms with van der Waals surface area (Å²) in [7, 11) is 0. The number of nitrogens with zero attached hydrogens (tertiary/aromatic N) is 1. The molecule has 1 aromatic carbocycles. The monoisotopic (exact) mass is 272 g/mol. The molecular formula is C16H20N2O2. The van der Waals surface area contributed by atoms with Gasteiger partial charge in [0.1, 0.15) is 5.75 Å². The van der Waals surface area contributed by atoms with E-state index in [1.54, 1.807) is 19.4 Å². The molecule has 0 fully saturated rings. The summed E-state index contributed by atoms with van der Waals surface area (Å²) < 4.78 is 5.47. The fourth-order valence-corrected chi connectivity index (χ4v) is 2.11. The number of ether oxygens (including phenoxy) is 1. The first-order chi connectivity index (χ1) is 9.43. The van der Waals surface area contributed by atoms with Gasteiger partial charge in [-0.25, -0.2) is 4.98 Å². The number of H-pyrrole nitrogens is 1. The molecule has 0 spiro atoms. The van der Waals surface area contributed by atoms with Gasteiger partial charge in [-0.15, -0.1) is 0 Å². The van der Waals surface area contributed by atoms with Gasteiger partial charge in [-0.05, 0) is 17.0 Å². The van der Waals surface area contributed by atoms with Crippen molar-refractivity contribution >= 4 is 5.97 Å². The summed E-state index contributed by atoms with van der Waals surface area (Å²) in [5, 5.41) is 0. The van der Waals surface area contributed by atoms with E-state index in [1.165, 1.54) is 0 Å². The van der Waals surface area contributed by atoms with Crippen LogP contribution < -0.4 is 4.74 Å². The van der Waals surface area contributed by atoms with E-state index in [4.69, 9.17) is 4.74 Å². The van der Waals surface area contributed by atoms with Crippen molar-refractivity contribution in [2.75, 3.05) is 0 Å². The van der Waals surface area contributed by atoms with E-state index in [-0.39, 0.29) is 11.4 Å². The Morgan fingerprint density at radius 2 is 2.10 bits per heavy atom. The summed E-state index contributed by atoms with van der Waals surface area (Å²) >= 11 is 0. The molecule has 0 aliphatic carbocycles. The molecule has 4 nitrogen and oxygen atoms in total. The van der Waals surface area contributed by atoms with Gasteiger partial charge in [0.25, 0.3) is 0 Å². The van der Waals surface area contributed by atoms with Crippen LogP contribution in [0.15, 0.2) is 30.7 Å². The molecule has 0 saturated heterocycles. The third-order valence-electron chi connectivity index (χ3n) is 3.11. The van der Waals surface area contributed by atoms with Crippen molar-refractivity contribution in [2.24, 2.45) is 0 Å². The van der Waals surface area contributed by atoms with Crippen molar-refractivity contribution < 1.29 is 9.53 Å². The number of rotatable bonds is 3. The van der Waals surface area contributed by atoms with Gasteiger partial charge in [-0.3, -0.25) is 4.79 Å². The Balaban J connectivity index is 2.60. The second-order valence-electron chi connectivity index (χ2n) is 5.72. The lowest BCUT2D eigenvalue weighted by atomic mass is 9.82. The third-order valence-corrected chi connectivity index (χ3v) is 3.11. The van der Waals surface area contributed by atoms with Gasteiger partial charge in [-0.2, -0.15) is 0 Å². The lowest BCUT2D eigenvalue weighted by molar-refractivity contribution is -0.133. The Hall–Kier alpha value is -2.10. The molecule has 1 aromatic heterocycles. The molecule has 1 N–H and O–H groups in total. The van der Waals surface area contributed by atoms with Crippen LogP contribution in [0.25, 0.3) is 11.3 Å². The van der Waals surface area contributed by atoms with E-state index < -0.39 is 0 Å². The average molecular weight is 272 g/mol. The van der Waals surface area contributed by atoms with Crippen molar-refractivity contribution in [3.8, 4) is 17.0 Å². The number of carbonyl (C=O) groups excluding carboxylic acids is 1. The molecule has 0 atom stereocenters. The summed E-state index contributed by atoms with van der Waals surface area (Å²) in [4.78, 5) is 18.8. The summed E-state index contributed by atoms with van der Waals surface area (Å²) in [5.74, 6) is 0.338. The molecule has 0 aliphatic heterocycles. The summed E-state index contributed by atoms with van der Waals surface area (Å²) in [6.45, 7) is 8.18. The van der Waals surface area contributed by atoms with Crippen LogP contribution >= 0.6 is 0 Å². The van der Waals surface area contributed by atoms with E-state index in [2.05, 4.69) is 36.8 Å². The number of hydrogen-bond donors (Lipinski definition) is 1. The van der Waals surface area contributed by atoms with Gasteiger partial charge in [0, 0.05) is 12.0 Å². The molecule has 4 heteroatoms. The highest BCUT2D eigenvalue weighted by Crippen LogP contribution is 2.38. The highest BCUT2D eigenvalue weighted by atomic mass is 16.5. The van der Waals surface area contributed by atoms with Crippen LogP contribution in [0, 0.1) is 0 Å². The standard InChI is InChI=1S/C16H20N2O2/c1-5-14(19)20-13-8-6-7-11(16(2,3)4)15(13)12-9-17-10-18-12/h6-10H,5H2,1-4H3,(H,17,18). The van der Waals surface area contributed by atoms with Crippen LogP contribution in [0.3, 0.4) is 0 Å². The SMILES string of the molecule is CCC(=O)Oc1cccc(C(C)(C)C)c1-c1cnc[nH]1. The molecule has 106 valence electrons. The zero-order chi connectivity index (χ0) is 14.8. The summed E-state index contributed by atoms with van der Waals surface area (Å²) in [5.41, 5.74) is 2.81. The average Bonchev–Trinajstić information content (AvgIpc) is 2.91. The maximum Gasteiger partial charge on any atom is 0.310 e. The maximum atomic E-state index is 11.6. The number of aromatic nitrogens is 2. The van der Waals surface area contributed by atoms with Gasteiger partial charge in [0.2, 0.25) is 0 Å². The van der Waals surface area contributed by atoms with Crippen LogP contribution in [0.1, 0.15) is 39.7 Å². The Kier molecular flexibility index (Phi) is 3.93. The number of imidazole rings is 1. The highest BCUT2D eigenvalue weighted by molar-refractivity contribution is 5.78. The Labute approximate surface area is 119 Å². The summed E-state index contributed by atoms with van der Waals surface area (Å²) in [6, 6.07) is 5.79. The Morgan fingerprint density at radius 3 is 2.65 bits per heavy atom. The van der Waals surface area contributed by atoms with E-state index >= 15 is 0 Å². The van der Waals surface area contributed by atoms with Crippen LogP contribution in [0.4, 0.5) is 0 Å². The molecular weight excluding hydrogens is 252 g/mol.